The molecule has 3 rings (SSSR count). The second-order valence-electron chi connectivity index (χ2n) is 5.43. The van der Waals surface area contributed by atoms with Gasteiger partial charge in [-0.15, -0.1) is 12.4 Å². The summed E-state index contributed by atoms with van der Waals surface area (Å²) < 4.78 is 43.7. The average Bonchev–Trinajstić information content (AvgIpc) is 3.23. The molecule has 7 heteroatoms. The zero-order valence-corrected chi connectivity index (χ0v) is 13.1. The van der Waals surface area contributed by atoms with Gasteiger partial charge in [0.05, 0.1) is 18.4 Å². The molecule has 23 heavy (non-hydrogen) atoms. The third-order valence-corrected chi connectivity index (χ3v) is 3.82. The van der Waals surface area contributed by atoms with Crippen LogP contribution >= 0.6 is 12.4 Å². The number of nitrogens with two attached hydrogens (primary N) is 1. The van der Waals surface area contributed by atoms with Crippen molar-refractivity contribution in [1.82, 2.24) is 4.98 Å². The molecule has 1 heterocycles. The van der Waals surface area contributed by atoms with E-state index in [2.05, 4.69) is 4.98 Å². The number of pyridine rings is 1. The Hall–Kier alpha value is -1.79. The molecule has 1 aromatic carbocycles. The number of alkyl halides is 3. The Labute approximate surface area is 138 Å². The normalized spacial score (nSPS) is 19.9. The summed E-state index contributed by atoms with van der Waals surface area (Å²) in [7, 11) is 1.34. The molecule has 0 aliphatic heterocycles. The number of benzene rings is 1. The molecule has 0 amide bonds. The molecule has 2 N–H and O–H groups in total. The van der Waals surface area contributed by atoms with E-state index in [0.717, 1.165) is 24.1 Å². The van der Waals surface area contributed by atoms with Gasteiger partial charge in [0.15, 0.2) is 0 Å². The second kappa shape index (κ2) is 6.37. The summed E-state index contributed by atoms with van der Waals surface area (Å²) in [5.74, 6) is 0.470. The molecular weight excluding hydrogens is 329 g/mol. The van der Waals surface area contributed by atoms with Gasteiger partial charge in [0.1, 0.15) is 5.75 Å². The number of rotatable bonds is 3. The lowest BCUT2D eigenvalue weighted by molar-refractivity contribution is -0.137. The van der Waals surface area contributed by atoms with Crippen LogP contribution in [-0.4, -0.2) is 18.1 Å². The monoisotopic (exact) mass is 344 g/mol. The maximum atomic E-state index is 12.9. The van der Waals surface area contributed by atoms with Crippen LogP contribution in [0.3, 0.4) is 0 Å². The number of nitrogens with zero attached hydrogens (tertiary/aromatic N) is 1. The first-order chi connectivity index (χ1) is 10.4. The fourth-order valence-electron chi connectivity index (χ4n) is 2.42. The molecule has 1 aliphatic carbocycles. The van der Waals surface area contributed by atoms with Crippen molar-refractivity contribution >= 4 is 12.4 Å². The minimum atomic E-state index is -4.43. The van der Waals surface area contributed by atoms with Crippen molar-refractivity contribution in [2.24, 2.45) is 5.73 Å². The van der Waals surface area contributed by atoms with Crippen molar-refractivity contribution in [3.63, 3.8) is 0 Å². The molecule has 1 fully saturated rings. The Kier molecular flexibility index (Phi) is 4.87. The van der Waals surface area contributed by atoms with Gasteiger partial charge in [-0.25, -0.2) is 0 Å². The summed E-state index contributed by atoms with van der Waals surface area (Å²) >= 11 is 0. The number of hydrogen-bond donors (Lipinski definition) is 1. The Morgan fingerprint density at radius 3 is 2.39 bits per heavy atom. The zero-order chi connectivity index (χ0) is 15.9. The van der Waals surface area contributed by atoms with Crippen molar-refractivity contribution in [3.05, 3.63) is 47.7 Å². The van der Waals surface area contributed by atoms with E-state index < -0.39 is 11.7 Å². The molecule has 3 nitrogen and oxygen atoms in total. The van der Waals surface area contributed by atoms with Gasteiger partial charge in [0, 0.05) is 23.7 Å². The Bertz CT molecular complexity index is 689. The lowest BCUT2D eigenvalue weighted by Gasteiger charge is -2.11. The van der Waals surface area contributed by atoms with Crippen LogP contribution in [-0.2, 0) is 6.18 Å². The molecule has 2 atom stereocenters. The van der Waals surface area contributed by atoms with Crippen LogP contribution in [0.1, 0.15) is 23.5 Å². The molecule has 0 radical (unpaired) electrons. The third-order valence-electron chi connectivity index (χ3n) is 3.82. The number of aromatic nitrogens is 1. The van der Waals surface area contributed by atoms with Gasteiger partial charge in [0.2, 0.25) is 0 Å². The highest BCUT2D eigenvalue weighted by atomic mass is 35.5. The number of ether oxygens (including phenoxy) is 1. The predicted octanol–water partition coefficient (Wildman–Crippen LogP) is 4.01. The van der Waals surface area contributed by atoms with Crippen LogP contribution in [0, 0.1) is 0 Å². The van der Waals surface area contributed by atoms with Crippen LogP contribution in [0.25, 0.3) is 11.3 Å². The highest BCUT2D eigenvalue weighted by molar-refractivity contribution is 5.85. The van der Waals surface area contributed by atoms with E-state index in [1.807, 2.05) is 6.07 Å². The molecule has 0 unspecified atom stereocenters. The standard InChI is InChI=1S/C16H15F3N2O.ClH/c1-22-12-5-10(4-11(6-12)16(17,18)19)15-3-2-9(8-21-15)13-7-14(13)20;/h2-6,8,13-14H,7,20H2,1H3;1H/t13-,14+;/m0./s1. The first-order valence-corrected chi connectivity index (χ1v) is 6.86. The number of methoxy groups -OCH3 is 1. The predicted molar refractivity (Wildman–Crippen MR) is 83.8 cm³/mol. The van der Waals surface area contributed by atoms with Gasteiger partial charge in [-0.2, -0.15) is 13.2 Å². The lowest BCUT2D eigenvalue weighted by atomic mass is 10.0. The smallest absolute Gasteiger partial charge is 0.416 e. The summed E-state index contributed by atoms with van der Waals surface area (Å²) in [5, 5.41) is 0. The summed E-state index contributed by atoms with van der Waals surface area (Å²) in [6, 6.07) is 7.34. The highest BCUT2D eigenvalue weighted by Gasteiger charge is 2.35. The fraction of sp³-hybridized carbons (Fsp3) is 0.312. The van der Waals surface area contributed by atoms with Gasteiger partial charge in [-0.1, -0.05) is 6.07 Å². The van der Waals surface area contributed by atoms with E-state index >= 15 is 0 Å². The molecule has 1 saturated carbocycles. The molecule has 0 bridgehead atoms. The SMILES string of the molecule is COc1cc(-c2ccc([C@@H]3C[C@H]3N)cn2)cc(C(F)(F)F)c1.Cl. The van der Waals surface area contributed by atoms with E-state index in [1.165, 1.54) is 7.11 Å². The van der Waals surface area contributed by atoms with Gasteiger partial charge in [-0.3, -0.25) is 4.98 Å². The minimum Gasteiger partial charge on any atom is -0.497 e. The summed E-state index contributed by atoms with van der Waals surface area (Å²) in [4.78, 5) is 4.26. The zero-order valence-electron chi connectivity index (χ0n) is 12.3. The van der Waals surface area contributed by atoms with E-state index in [4.69, 9.17) is 10.5 Å². The van der Waals surface area contributed by atoms with E-state index in [-0.39, 0.29) is 24.2 Å². The summed E-state index contributed by atoms with van der Waals surface area (Å²) in [6.45, 7) is 0. The quantitative estimate of drug-likeness (QED) is 0.915. The third kappa shape index (κ3) is 3.76. The van der Waals surface area contributed by atoms with Crippen molar-refractivity contribution in [2.75, 3.05) is 7.11 Å². The minimum absolute atomic E-state index is 0. The maximum absolute atomic E-state index is 12.9. The van der Waals surface area contributed by atoms with Gasteiger partial charge >= 0.3 is 6.18 Å². The van der Waals surface area contributed by atoms with Gasteiger partial charge < -0.3 is 10.5 Å². The highest BCUT2D eigenvalue weighted by Crippen LogP contribution is 2.39. The molecule has 1 aromatic heterocycles. The summed E-state index contributed by atoms with van der Waals surface area (Å²) in [6.07, 6.45) is -1.82. The van der Waals surface area contributed by atoms with E-state index in [9.17, 15) is 13.2 Å². The van der Waals surface area contributed by atoms with Crippen LogP contribution in [0.15, 0.2) is 36.5 Å². The average molecular weight is 345 g/mol. The van der Waals surface area contributed by atoms with Crippen LogP contribution in [0.4, 0.5) is 13.2 Å². The second-order valence-corrected chi connectivity index (χ2v) is 5.43. The fourth-order valence-corrected chi connectivity index (χ4v) is 2.42. The Morgan fingerprint density at radius 2 is 1.91 bits per heavy atom. The molecule has 1 aliphatic rings. The number of halogens is 4. The first kappa shape index (κ1) is 17.6. The van der Waals surface area contributed by atoms with Crippen LogP contribution in [0.5, 0.6) is 5.75 Å². The first-order valence-electron chi connectivity index (χ1n) is 6.86. The van der Waals surface area contributed by atoms with Crippen molar-refractivity contribution in [3.8, 4) is 17.0 Å². The van der Waals surface area contributed by atoms with E-state index in [1.54, 1.807) is 18.3 Å². The number of hydrogen-bond acceptors (Lipinski definition) is 3. The van der Waals surface area contributed by atoms with Crippen LogP contribution in [0.2, 0.25) is 0 Å². The molecular formula is C16H16ClF3N2O. The topological polar surface area (TPSA) is 48.1 Å². The lowest BCUT2D eigenvalue weighted by Crippen LogP contribution is -2.05. The largest absolute Gasteiger partial charge is 0.497 e. The summed E-state index contributed by atoms with van der Waals surface area (Å²) in [5.41, 5.74) is 6.90. The molecule has 124 valence electrons. The molecule has 0 saturated heterocycles. The Morgan fingerprint density at radius 1 is 1.22 bits per heavy atom. The van der Waals surface area contributed by atoms with Crippen LogP contribution < -0.4 is 10.5 Å². The Balaban J connectivity index is 0.00000192. The van der Waals surface area contributed by atoms with Crippen molar-refractivity contribution < 1.29 is 17.9 Å². The van der Waals surface area contributed by atoms with Crippen molar-refractivity contribution in [1.29, 1.82) is 0 Å². The van der Waals surface area contributed by atoms with Gasteiger partial charge in [0.25, 0.3) is 0 Å². The van der Waals surface area contributed by atoms with Gasteiger partial charge in [-0.05, 0) is 36.2 Å². The van der Waals surface area contributed by atoms with Crippen molar-refractivity contribution in [2.45, 2.75) is 24.6 Å². The maximum Gasteiger partial charge on any atom is 0.416 e. The molecule has 0 spiro atoms. The van der Waals surface area contributed by atoms with E-state index in [0.29, 0.717) is 17.2 Å². The molecule has 2 aromatic rings.